The Morgan fingerprint density at radius 3 is 2.29 bits per heavy atom. The van der Waals surface area contributed by atoms with E-state index >= 15 is 0 Å². The van der Waals surface area contributed by atoms with Gasteiger partial charge in [-0.25, -0.2) is 13.1 Å². The van der Waals surface area contributed by atoms with Gasteiger partial charge in [0.25, 0.3) is 0 Å². The summed E-state index contributed by atoms with van der Waals surface area (Å²) in [5.74, 6) is 0. The van der Waals surface area contributed by atoms with Crippen molar-refractivity contribution < 1.29 is 8.42 Å². The molecule has 0 bridgehead atoms. The predicted octanol–water partition coefficient (Wildman–Crippen LogP) is 1.97. The molecule has 1 N–H and O–H groups in total. The fraction of sp³-hybridized carbons (Fsp3) is 0.300. The standard InChI is InChI=1S/C10H10Cl2N2O2S/c1-17(15,16)14-9(10(11,12)7-13)8-5-3-2-4-6-8/h2-6,9,14H,1H3/t9-/m0/s1. The summed E-state index contributed by atoms with van der Waals surface area (Å²) in [5.41, 5.74) is 0.518. The number of alkyl halides is 2. The van der Waals surface area contributed by atoms with Gasteiger partial charge in [-0.3, -0.25) is 0 Å². The van der Waals surface area contributed by atoms with Gasteiger partial charge in [-0.2, -0.15) is 5.26 Å². The Morgan fingerprint density at radius 2 is 1.88 bits per heavy atom. The Kier molecular flexibility index (Phi) is 4.39. The van der Waals surface area contributed by atoms with Gasteiger partial charge in [-0.05, 0) is 5.56 Å². The highest BCUT2D eigenvalue weighted by atomic mass is 35.5. The molecule has 4 nitrogen and oxygen atoms in total. The van der Waals surface area contributed by atoms with E-state index in [9.17, 15) is 8.42 Å². The third-order valence-corrected chi connectivity index (χ3v) is 3.25. The monoisotopic (exact) mass is 292 g/mol. The molecule has 0 unspecified atom stereocenters. The Morgan fingerprint density at radius 1 is 1.35 bits per heavy atom. The topological polar surface area (TPSA) is 70.0 Å². The molecule has 1 aromatic carbocycles. The lowest BCUT2D eigenvalue weighted by molar-refractivity contribution is 0.558. The summed E-state index contributed by atoms with van der Waals surface area (Å²) in [6.07, 6.45) is 0.976. The van der Waals surface area contributed by atoms with E-state index in [0.29, 0.717) is 5.56 Å². The van der Waals surface area contributed by atoms with Gasteiger partial charge in [0.2, 0.25) is 14.4 Å². The molecule has 0 aliphatic rings. The predicted molar refractivity (Wildman–Crippen MR) is 67.2 cm³/mol. The third-order valence-electron chi connectivity index (χ3n) is 1.98. The lowest BCUT2D eigenvalue weighted by Gasteiger charge is -2.24. The molecule has 0 aliphatic heterocycles. The number of hydrogen-bond donors (Lipinski definition) is 1. The molecule has 0 amide bonds. The number of nitriles is 1. The molecule has 7 heteroatoms. The number of benzene rings is 1. The van der Waals surface area contributed by atoms with Crippen LogP contribution >= 0.6 is 23.2 Å². The number of nitrogens with one attached hydrogen (secondary N) is 1. The maximum Gasteiger partial charge on any atom is 0.223 e. The largest absolute Gasteiger partial charge is 0.223 e. The summed E-state index contributed by atoms with van der Waals surface area (Å²) >= 11 is 11.6. The van der Waals surface area contributed by atoms with E-state index in [-0.39, 0.29) is 0 Å². The molecule has 1 atom stereocenters. The SMILES string of the molecule is CS(=O)(=O)N[C@@H](c1ccccc1)C(Cl)(Cl)C#N. The van der Waals surface area contributed by atoms with Crippen LogP contribution < -0.4 is 4.72 Å². The van der Waals surface area contributed by atoms with Gasteiger partial charge in [0.1, 0.15) is 6.07 Å². The molecule has 0 saturated heterocycles. The van der Waals surface area contributed by atoms with Crippen molar-refractivity contribution in [3.63, 3.8) is 0 Å². The van der Waals surface area contributed by atoms with E-state index < -0.39 is 20.4 Å². The highest BCUT2D eigenvalue weighted by Gasteiger charge is 2.38. The number of nitrogens with zero attached hydrogens (tertiary/aromatic N) is 1. The average molecular weight is 293 g/mol. The summed E-state index contributed by atoms with van der Waals surface area (Å²) in [5, 5.41) is 8.87. The number of hydrogen-bond acceptors (Lipinski definition) is 3. The normalized spacial score (nSPS) is 14.0. The van der Waals surface area contributed by atoms with Crippen molar-refractivity contribution in [3.8, 4) is 6.07 Å². The molecule has 1 aromatic rings. The first-order valence-electron chi connectivity index (χ1n) is 4.57. The van der Waals surface area contributed by atoms with Crippen molar-refractivity contribution in [1.29, 1.82) is 5.26 Å². The second-order valence-corrected chi connectivity index (χ2v) is 6.63. The third kappa shape index (κ3) is 4.17. The summed E-state index contributed by atoms with van der Waals surface area (Å²) in [6.45, 7) is 0. The van der Waals surface area contributed by atoms with Gasteiger partial charge in [0.15, 0.2) is 0 Å². The Balaban J connectivity index is 3.18. The molecule has 1 rings (SSSR count). The van der Waals surface area contributed by atoms with Crippen LogP contribution in [0.1, 0.15) is 11.6 Å². The maximum absolute atomic E-state index is 11.2. The zero-order chi connectivity index (χ0) is 13.1. The Bertz CT molecular complexity index is 523. The fourth-order valence-corrected chi connectivity index (χ4v) is 2.51. The van der Waals surface area contributed by atoms with Crippen molar-refractivity contribution >= 4 is 33.2 Å². The smallest absolute Gasteiger partial charge is 0.213 e. The molecule has 17 heavy (non-hydrogen) atoms. The summed E-state index contributed by atoms with van der Waals surface area (Å²) in [6, 6.07) is 9.09. The van der Waals surface area contributed by atoms with Crippen LogP contribution in [-0.4, -0.2) is 19.0 Å². The average Bonchev–Trinajstić information content (AvgIpc) is 2.26. The van der Waals surface area contributed by atoms with Crippen LogP contribution in [0.15, 0.2) is 30.3 Å². The van der Waals surface area contributed by atoms with Crippen LogP contribution in [0.3, 0.4) is 0 Å². The minimum Gasteiger partial charge on any atom is -0.213 e. The summed E-state index contributed by atoms with van der Waals surface area (Å²) < 4.78 is 22.9. The summed E-state index contributed by atoms with van der Waals surface area (Å²) in [7, 11) is -3.53. The second-order valence-electron chi connectivity index (χ2n) is 3.47. The molecule has 92 valence electrons. The molecule has 0 heterocycles. The van der Waals surface area contributed by atoms with Gasteiger partial charge >= 0.3 is 0 Å². The van der Waals surface area contributed by atoms with E-state index in [0.717, 1.165) is 6.26 Å². The molecule has 0 fully saturated rings. The molecular weight excluding hydrogens is 283 g/mol. The van der Waals surface area contributed by atoms with Crippen LogP contribution in [0.5, 0.6) is 0 Å². The molecule has 0 radical (unpaired) electrons. The van der Waals surface area contributed by atoms with Gasteiger partial charge in [-0.15, -0.1) is 0 Å². The van der Waals surface area contributed by atoms with E-state index in [1.165, 1.54) is 0 Å². The van der Waals surface area contributed by atoms with Crippen molar-refractivity contribution in [1.82, 2.24) is 4.72 Å². The first-order valence-corrected chi connectivity index (χ1v) is 7.22. The minimum absolute atomic E-state index is 0.518. The van der Waals surface area contributed by atoms with Gasteiger partial charge in [-0.1, -0.05) is 53.5 Å². The molecule has 0 aromatic heterocycles. The second kappa shape index (κ2) is 5.23. The van der Waals surface area contributed by atoms with Crippen LogP contribution in [0.25, 0.3) is 0 Å². The first kappa shape index (κ1) is 14.3. The quantitative estimate of drug-likeness (QED) is 0.863. The van der Waals surface area contributed by atoms with Gasteiger partial charge < -0.3 is 0 Å². The van der Waals surface area contributed by atoms with Gasteiger partial charge in [0.05, 0.1) is 12.3 Å². The highest BCUT2D eigenvalue weighted by Crippen LogP contribution is 2.35. The van der Waals surface area contributed by atoms with Gasteiger partial charge in [0, 0.05) is 0 Å². The number of halogens is 2. The van der Waals surface area contributed by atoms with Crippen molar-refractivity contribution in [2.45, 2.75) is 10.4 Å². The number of rotatable bonds is 4. The minimum atomic E-state index is -3.53. The molecular formula is C10H10Cl2N2O2S. The maximum atomic E-state index is 11.2. The van der Waals surface area contributed by atoms with Crippen molar-refractivity contribution in [2.75, 3.05) is 6.26 Å². The Hall–Kier alpha value is -0.800. The van der Waals surface area contributed by atoms with E-state index in [1.54, 1.807) is 36.4 Å². The van der Waals surface area contributed by atoms with Crippen LogP contribution in [0.2, 0.25) is 0 Å². The summed E-state index contributed by atoms with van der Waals surface area (Å²) in [4.78, 5) is 0. The van der Waals surface area contributed by atoms with E-state index in [4.69, 9.17) is 28.5 Å². The lowest BCUT2D eigenvalue weighted by Crippen LogP contribution is -2.37. The molecule has 0 saturated carbocycles. The van der Waals surface area contributed by atoms with E-state index in [2.05, 4.69) is 4.72 Å². The number of sulfonamides is 1. The van der Waals surface area contributed by atoms with Crippen molar-refractivity contribution in [3.05, 3.63) is 35.9 Å². The zero-order valence-electron chi connectivity index (χ0n) is 8.89. The van der Waals surface area contributed by atoms with Crippen molar-refractivity contribution in [2.24, 2.45) is 0 Å². The Labute approximate surface area is 110 Å². The fourth-order valence-electron chi connectivity index (χ4n) is 1.28. The van der Waals surface area contributed by atoms with Crippen LogP contribution in [0.4, 0.5) is 0 Å². The lowest BCUT2D eigenvalue weighted by atomic mass is 10.1. The van der Waals surface area contributed by atoms with Crippen LogP contribution in [-0.2, 0) is 10.0 Å². The first-order chi connectivity index (χ1) is 7.76. The van der Waals surface area contributed by atoms with E-state index in [1.807, 2.05) is 0 Å². The highest BCUT2D eigenvalue weighted by molar-refractivity contribution is 7.88. The van der Waals surface area contributed by atoms with Crippen LogP contribution in [0, 0.1) is 11.3 Å². The molecule has 0 spiro atoms. The zero-order valence-corrected chi connectivity index (χ0v) is 11.2. The molecule has 0 aliphatic carbocycles.